The smallest absolute Gasteiger partial charge is 0.177 e. The number of para-hydroxylation sites is 1. The quantitative estimate of drug-likeness (QED) is 0.826. The Kier molecular flexibility index (Phi) is 3.38. The van der Waals surface area contributed by atoms with Gasteiger partial charge in [0.1, 0.15) is 0 Å². The van der Waals surface area contributed by atoms with Crippen LogP contribution in [-0.2, 0) is 14.6 Å². The van der Waals surface area contributed by atoms with Gasteiger partial charge in [0.25, 0.3) is 0 Å². The van der Waals surface area contributed by atoms with Crippen molar-refractivity contribution in [2.75, 3.05) is 43.2 Å². The molecular weight excluding hydrogens is 276 g/mol. The number of benzene rings is 1. The Morgan fingerprint density at radius 2 is 1.85 bits per heavy atom. The molecule has 0 radical (unpaired) electrons. The maximum atomic E-state index is 11.9. The summed E-state index contributed by atoms with van der Waals surface area (Å²) >= 11 is 0. The number of sulfone groups is 1. The highest BCUT2D eigenvalue weighted by Crippen LogP contribution is 2.38. The summed E-state index contributed by atoms with van der Waals surface area (Å²) in [5.41, 5.74) is 1.72. The second kappa shape index (κ2) is 4.93. The third-order valence-electron chi connectivity index (χ3n) is 4.27. The normalized spacial score (nSPS) is 21.4. The Labute approximate surface area is 119 Å². The summed E-state index contributed by atoms with van der Waals surface area (Å²) in [6.45, 7) is 3.18. The van der Waals surface area contributed by atoms with Crippen LogP contribution in [0.1, 0.15) is 12.8 Å². The largest absolute Gasteiger partial charge is 0.383 e. The second-order valence-corrected chi connectivity index (χ2v) is 7.75. The van der Waals surface area contributed by atoms with Crippen LogP contribution in [-0.4, -0.2) is 41.0 Å². The molecule has 1 aromatic rings. The number of nitrogens with one attached hydrogen (secondary N) is 2. The van der Waals surface area contributed by atoms with Gasteiger partial charge in [0.05, 0.1) is 16.3 Å². The van der Waals surface area contributed by atoms with Crippen molar-refractivity contribution in [1.82, 2.24) is 0 Å². The molecule has 0 aliphatic carbocycles. The van der Waals surface area contributed by atoms with Crippen LogP contribution in [0.2, 0.25) is 0 Å². The highest BCUT2D eigenvalue weighted by molar-refractivity contribution is 7.90. The first-order valence-corrected chi connectivity index (χ1v) is 8.78. The zero-order chi connectivity index (χ0) is 14.2. The van der Waals surface area contributed by atoms with E-state index < -0.39 is 9.84 Å². The molecule has 2 aliphatic heterocycles. The average Bonchev–Trinajstić information content (AvgIpc) is 2.59. The average molecular weight is 296 g/mol. The fourth-order valence-electron chi connectivity index (χ4n) is 2.95. The van der Waals surface area contributed by atoms with Crippen molar-refractivity contribution in [3.8, 4) is 0 Å². The van der Waals surface area contributed by atoms with E-state index in [9.17, 15) is 8.42 Å². The van der Waals surface area contributed by atoms with Crippen molar-refractivity contribution < 1.29 is 13.2 Å². The lowest BCUT2D eigenvalue weighted by molar-refractivity contribution is 0.0276. The fourth-order valence-corrected chi connectivity index (χ4v) is 3.83. The van der Waals surface area contributed by atoms with Crippen LogP contribution in [0.15, 0.2) is 23.1 Å². The minimum absolute atomic E-state index is 0.145. The minimum atomic E-state index is -3.23. The molecule has 1 spiro atoms. The van der Waals surface area contributed by atoms with Crippen LogP contribution in [0.5, 0.6) is 0 Å². The van der Waals surface area contributed by atoms with E-state index in [1.807, 2.05) is 6.07 Å². The predicted octanol–water partition coefficient (Wildman–Crippen LogP) is 1.72. The highest BCUT2D eigenvalue weighted by atomic mass is 32.2. The van der Waals surface area contributed by atoms with Crippen molar-refractivity contribution in [2.45, 2.75) is 17.7 Å². The molecule has 2 heterocycles. The van der Waals surface area contributed by atoms with Crippen molar-refractivity contribution in [1.29, 1.82) is 0 Å². The molecule has 0 saturated carbocycles. The number of hydrogen-bond acceptors (Lipinski definition) is 5. The third-order valence-corrected chi connectivity index (χ3v) is 5.41. The summed E-state index contributed by atoms with van der Waals surface area (Å²) in [7, 11) is -3.23. The van der Waals surface area contributed by atoms with Gasteiger partial charge >= 0.3 is 0 Å². The highest BCUT2D eigenvalue weighted by Gasteiger charge is 2.35. The number of ether oxygens (including phenoxy) is 1. The molecule has 20 heavy (non-hydrogen) atoms. The first-order valence-electron chi connectivity index (χ1n) is 6.89. The molecule has 0 aromatic heterocycles. The molecule has 0 bridgehead atoms. The van der Waals surface area contributed by atoms with Crippen LogP contribution in [0.4, 0.5) is 11.4 Å². The SMILES string of the molecule is CS(=O)(=O)c1cccc2c1NCC1(CCOCC1)CN2. The second-order valence-electron chi connectivity index (χ2n) is 5.77. The maximum Gasteiger partial charge on any atom is 0.177 e. The molecule has 2 N–H and O–H groups in total. The van der Waals surface area contributed by atoms with Gasteiger partial charge in [-0.05, 0) is 25.0 Å². The molecule has 1 aromatic carbocycles. The lowest BCUT2D eigenvalue weighted by Crippen LogP contribution is -2.40. The Bertz CT molecular complexity index is 607. The summed E-state index contributed by atoms with van der Waals surface area (Å²) in [5, 5.41) is 6.78. The molecule has 0 unspecified atom stereocenters. The summed E-state index contributed by atoms with van der Waals surface area (Å²) in [5.74, 6) is 0. The summed E-state index contributed by atoms with van der Waals surface area (Å²) < 4.78 is 29.2. The Hall–Kier alpha value is -1.27. The van der Waals surface area contributed by atoms with E-state index >= 15 is 0 Å². The first kappa shape index (κ1) is 13.7. The molecule has 0 amide bonds. The van der Waals surface area contributed by atoms with Crippen LogP contribution >= 0.6 is 0 Å². The van der Waals surface area contributed by atoms with Crippen LogP contribution in [0, 0.1) is 5.41 Å². The van der Waals surface area contributed by atoms with Crippen LogP contribution in [0.25, 0.3) is 0 Å². The van der Waals surface area contributed by atoms with Crippen LogP contribution < -0.4 is 10.6 Å². The number of rotatable bonds is 1. The van der Waals surface area contributed by atoms with Gasteiger partial charge in [-0.2, -0.15) is 0 Å². The van der Waals surface area contributed by atoms with E-state index in [4.69, 9.17) is 4.74 Å². The molecule has 110 valence electrons. The Balaban J connectivity index is 1.95. The maximum absolute atomic E-state index is 11.9. The van der Waals surface area contributed by atoms with E-state index in [1.54, 1.807) is 12.1 Å². The molecule has 0 atom stereocenters. The number of hydrogen-bond donors (Lipinski definition) is 2. The number of anilines is 2. The standard InChI is InChI=1S/C14H20N2O3S/c1-20(17,18)12-4-2-3-11-13(12)16-10-14(9-15-11)5-7-19-8-6-14/h2-4,15-16H,5-10H2,1H3. The lowest BCUT2D eigenvalue weighted by atomic mass is 9.80. The fraction of sp³-hybridized carbons (Fsp3) is 0.571. The van der Waals surface area contributed by atoms with Gasteiger partial charge < -0.3 is 15.4 Å². The van der Waals surface area contributed by atoms with Gasteiger partial charge in [0.15, 0.2) is 9.84 Å². The van der Waals surface area contributed by atoms with Gasteiger partial charge in [-0.1, -0.05) is 6.07 Å². The molecular formula is C14H20N2O3S. The summed E-state index contributed by atoms with van der Waals surface area (Å²) in [4.78, 5) is 0.367. The molecule has 6 heteroatoms. The monoisotopic (exact) mass is 296 g/mol. The molecule has 2 aliphatic rings. The minimum Gasteiger partial charge on any atom is -0.383 e. The number of fused-ring (bicyclic) bond motifs is 1. The van der Waals surface area contributed by atoms with E-state index in [2.05, 4.69) is 10.6 Å². The van der Waals surface area contributed by atoms with Crippen molar-refractivity contribution in [3.05, 3.63) is 18.2 Å². The summed E-state index contributed by atoms with van der Waals surface area (Å²) in [6, 6.07) is 5.37. The van der Waals surface area contributed by atoms with Crippen molar-refractivity contribution in [3.63, 3.8) is 0 Å². The topological polar surface area (TPSA) is 67.4 Å². The molecule has 3 rings (SSSR count). The third kappa shape index (κ3) is 2.50. The molecule has 1 saturated heterocycles. The van der Waals surface area contributed by atoms with E-state index in [1.165, 1.54) is 6.26 Å². The zero-order valence-electron chi connectivity index (χ0n) is 11.6. The van der Waals surface area contributed by atoms with Gasteiger partial charge in [-0.25, -0.2) is 8.42 Å². The lowest BCUT2D eigenvalue weighted by Gasteiger charge is -2.36. The van der Waals surface area contributed by atoms with Crippen molar-refractivity contribution in [2.24, 2.45) is 5.41 Å². The van der Waals surface area contributed by atoms with Gasteiger partial charge in [-0.15, -0.1) is 0 Å². The van der Waals surface area contributed by atoms with Gasteiger partial charge in [0.2, 0.25) is 0 Å². The summed E-state index contributed by atoms with van der Waals surface area (Å²) in [6.07, 6.45) is 3.24. The predicted molar refractivity (Wildman–Crippen MR) is 79.0 cm³/mol. The molecule has 5 nitrogen and oxygen atoms in total. The Morgan fingerprint density at radius 1 is 1.15 bits per heavy atom. The van der Waals surface area contributed by atoms with Crippen molar-refractivity contribution >= 4 is 21.2 Å². The first-order chi connectivity index (χ1) is 9.50. The Morgan fingerprint density at radius 3 is 2.55 bits per heavy atom. The zero-order valence-corrected chi connectivity index (χ0v) is 12.4. The molecule has 1 fully saturated rings. The van der Waals surface area contributed by atoms with E-state index in [-0.39, 0.29) is 5.41 Å². The van der Waals surface area contributed by atoms with Gasteiger partial charge in [-0.3, -0.25) is 0 Å². The van der Waals surface area contributed by atoms with Gasteiger partial charge in [0, 0.05) is 38.0 Å². The van der Waals surface area contributed by atoms with E-state index in [0.717, 1.165) is 44.8 Å². The van der Waals surface area contributed by atoms with E-state index in [0.29, 0.717) is 10.6 Å². The van der Waals surface area contributed by atoms with Crippen LogP contribution in [0.3, 0.4) is 0 Å².